The van der Waals surface area contributed by atoms with Crippen LogP contribution in [0.2, 0.25) is 0 Å². The van der Waals surface area contributed by atoms with Crippen molar-refractivity contribution in [2.75, 3.05) is 20.2 Å². The van der Waals surface area contributed by atoms with Gasteiger partial charge in [-0.2, -0.15) is 0 Å². The Hall–Kier alpha value is -1.06. The molecule has 1 aliphatic rings. The van der Waals surface area contributed by atoms with Crippen molar-refractivity contribution in [2.45, 2.75) is 45.2 Å². The summed E-state index contributed by atoms with van der Waals surface area (Å²) < 4.78 is 5.48. The fourth-order valence-electron chi connectivity index (χ4n) is 3.46. The third-order valence-electron chi connectivity index (χ3n) is 4.61. The smallest absolute Gasteiger partial charge is 0.123 e. The van der Waals surface area contributed by atoms with E-state index in [1.165, 1.54) is 31.2 Å². The van der Waals surface area contributed by atoms with E-state index < -0.39 is 0 Å². The summed E-state index contributed by atoms with van der Waals surface area (Å²) in [6.07, 6.45) is 5.24. The van der Waals surface area contributed by atoms with E-state index in [1.807, 2.05) is 12.1 Å². The standard InChI is InChI=1S/C17H28N2O/c1-3-19(16-10-6-4-8-14(16)12-18)13-15-9-5-7-11-17(15)20-2/h5,7,9,11,14,16H,3-4,6,8,10,12-13,18H2,1-2H3. The molecule has 0 spiro atoms. The van der Waals surface area contributed by atoms with Crippen molar-refractivity contribution in [1.29, 1.82) is 0 Å². The molecule has 1 aliphatic carbocycles. The highest BCUT2D eigenvalue weighted by atomic mass is 16.5. The molecule has 0 bridgehead atoms. The average molecular weight is 276 g/mol. The fourth-order valence-corrected chi connectivity index (χ4v) is 3.46. The van der Waals surface area contributed by atoms with Gasteiger partial charge in [0, 0.05) is 18.2 Å². The Morgan fingerprint density at radius 1 is 1.25 bits per heavy atom. The van der Waals surface area contributed by atoms with E-state index in [0.29, 0.717) is 12.0 Å². The van der Waals surface area contributed by atoms with Gasteiger partial charge in [-0.3, -0.25) is 4.90 Å². The molecule has 2 rings (SSSR count). The molecule has 0 aliphatic heterocycles. The van der Waals surface area contributed by atoms with Crippen molar-refractivity contribution < 1.29 is 4.74 Å². The maximum atomic E-state index is 5.98. The van der Waals surface area contributed by atoms with Crippen LogP contribution in [-0.2, 0) is 6.54 Å². The van der Waals surface area contributed by atoms with Crippen LogP contribution in [0.15, 0.2) is 24.3 Å². The van der Waals surface area contributed by atoms with Gasteiger partial charge in [-0.1, -0.05) is 38.0 Å². The number of nitrogens with two attached hydrogens (primary N) is 1. The lowest BCUT2D eigenvalue weighted by atomic mass is 9.83. The molecule has 0 heterocycles. The summed E-state index contributed by atoms with van der Waals surface area (Å²) in [6.45, 7) is 5.09. The predicted octanol–water partition coefficient (Wildman–Crippen LogP) is 3.03. The zero-order chi connectivity index (χ0) is 14.4. The summed E-state index contributed by atoms with van der Waals surface area (Å²) in [4.78, 5) is 2.58. The third-order valence-corrected chi connectivity index (χ3v) is 4.61. The van der Waals surface area contributed by atoms with Crippen molar-refractivity contribution in [3.8, 4) is 5.75 Å². The van der Waals surface area contributed by atoms with Gasteiger partial charge in [-0.05, 0) is 37.9 Å². The first-order valence-electron chi connectivity index (χ1n) is 7.86. The van der Waals surface area contributed by atoms with E-state index >= 15 is 0 Å². The van der Waals surface area contributed by atoms with Gasteiger partial charge in [0.2, 0.25) is 0 Å². The molecule has 0 amide bonds. The van der Waals surface area contributed by atoms with Crippen LogP contribution in [0.5, 0.6) is 5.75 Å². The summed E-state index contributed by atoms with van der Waals surface area (Å²) in [7, 11) is 1.75. The number of rotatable bonds is 6. The van der Waals surface area contributed by atoms with Crippen LogP contribution in [0, 0.1) is 5.92 Å². The first-order chi connectivity index (χ1) is 9.80. The number of para-hydroxylation sites is 1. The molecular formula is C17H28N2O. The Labute approximate surface area is 123 Å². The fraction of sp³-hybridized carbons (Fsp3) is 0.647. The molecule has 1 fully saturated rings. The normalized spacial score (nSPS) is 23.0. The Bertz CT molecular complexity index is 408. The molecular weight excluding hydrogens is 248 g/mol. The lowest BCUT2D eigenvalue weighted by Crippen LogP contribution is -2.44. The first-order valence-corrected chi connectivity index (χ1v) is 7.86. The van der Waals surface area contributed by atoms with Crippen LogP contribution >= 0.6 is 0 Å². The van der Waals surface area contributed by atoms with E-state index in [1.54, 1.807) is 7.11 Å². The summed E-state index contributed by atoms with van der Waals surface area (Å²) >= 11 is 0. The molecule has 2 N–H and O–H groups in total. The molecule has 1 aromatic rings. The Morgan fingerprint density at radius 2 is 2.00 bits per heavy atom. The third kappa shape index (κ3) is 3.53. The van der Waals surface area contributed by atoms with Crippen LogP contribution < -0.4 is 10.5 Å². The average Bonchev–Trinajstić information content (AvgIpc) is 2.53. The van der Waals surface area contributed by atoms with E-state index in [9.17, 15) is 0 Å². The summed E-state index contributed by atoms with van der Waals surface area (Å²) in [5, 5.41) is 0. The van der Waals surface area contributed by atoms with Gasteiger partial charge in [-0.25, -0.2) is 0 Å². The SMILES string of the molecule is CCN(Cc1ccccc1OC)C1CCCCC1CN. The van der Waals surface area contributed by atoms with Gasteiger partial charge in [-0.15, -0.1) is 0 Å². The van der Waals surface area contributed by atoms with Gasteiger partial charge in [0.15, 0.2) is 0 Å². The second-order valence-electron chi connectivity index (χ2n) is 5.72. The number of hydrogen-bond donors (Lipinski definition) is 1. The first kappa shape index (κ1) is 15.3. The minimum atomic E-state index is 0.628. The van der Waals surface area contributed by atoms with E-state index in [2.05, 4.69) is 24.0 Å². The lowest BCUT2D eigenvalue weighted by Gasteiger charge is -2.39. The predicted molar refractivity (Wildman–Crippen MR) is 83.9 cm³/mol. The molecule has 2 unspecified atom stereocenters. The molecule has 3 heteroatoms. The van der Waals surface area contributed by atoms with E-state index in [4.69, 9.17) is 10.5 Å². The molecule has 1 saturated carbocycles. The molecule has 3 nitrogen and oxygen atoms in total. The zero-order valence-electron chi connectivity index (χ0n) is 12.8. The van der Waals surface area contributed by atoms with Crippen LogP contribution in [-0.4, -0.2) is 31.1 Å². The van der Waals surface area contributed by atoms with Crippen LogP contribution in [0.4, 0.5) is 0 Å². The number of nitrogens with zero attached hydrogens (tertiary/aromatic N) is 1. The quantitative estimate of drug-likeness (QED) is 0.868. The van der Waals surface area contributed by atoms with Crippen molar-refractivity contribution >= 4 is 0 Å². The largest absolute Gasteiger partial charge is 0.496 e. The maximum absolute atomic E-state index is 5.98. The van der Waals surface area contributed by atoms with Gasteiger partial charge >= 0.3 is 0 Å². The van der Waals surface area contributed by atoms with Gasteiger partial charge in [0.25, 0.3) is 0 Å². The van der Waals surface area contributed by atoms with Gasteiger partial charge in [0.1, 0.15) is 5.75 Å². The summed E-state index contributed by atoms with van der Waals surface area (Å²) in [5.74, 6) is 1.64. The minimum absolute atomic E-state index is 0.628. The Morgan fingerprint density at radius 3 is 2.70 bits per heavy atom. The van der Waals surface area contributed by atoms with Crippen LogP contribution in [0.3, 0.4) is 0 Å². The molecule has 112 valence electrons. The number of benzene rings is 1. The minimum Gasteiger partial charge on any atom is -0.496 e. The topological polar surface area (TPSA) is 38.5 Å². The van der Waals surface area contributed by atoms with Crippen molar-refractivity contribution in [2.24, 2.45) is 11.7 Å². The summed E-state index contributed by atoms with van der Waals surface area (Å²) in [6, 6.07) is 8.96. The second kappa shape index (κ2) is 7.65. The van der Waals surface area contributed by atoms with Gasteiger partial charge < -0.3 is 10.5 Å². The molecule has 0 aromatic heterocycles. The highest BCUT2D eigenvalue weighted by molar-refractivity contribution is 5.33. The highest BCUT2D eigenvalue weighted by Gasteiger charge is 2.28. The maximum Gasteiger partial charge on any atom is 0.123 e. The monoisotopic (exact) mass is 276 g/mol. The van der Waals surface area contributed by atoms with Crippen molar-refractivity contribution in [1.82, 2.24) is 4.90 Å². The molecule has 0 saturated heterocycles. The molecule has 20 heavy (non-hydrogen) atoms. The van der Waals surface area contributed by atoms with Crippen molar-refractivity contribution in [3.05, 3.63) is 29.8 Å². The number of hydrogen-bond acceptors (Lipinski definition) is 3. The lowest BCUT2D eigenvalue weighted by molar-refractivity contribution is 0.105. The van der Waals surface area contributed by atoms with Crippen molar-refractivity contribution in [3.63, 3.8) is 0 Å². The van der Waals surface area contributed by atoms with Crippen LogP contribution in [0.1, 0.15) is 38.2 Å². The van der Waals surface area contributed by atoms with Crippen LogP contribution in [0.25, 0.3) is 0 Å². The molecule has 2 atom stereocenters. The zero-order valence-corrected chi connectivity index (χ0v) is 12.8. The summed E-state index contributed by atoms with van der Waals surface area (Å²) in [5.41, 5.74) is 7.26. The molecule has 1 aromatic carbocycles. The number of methoxy groups -OCH3 is 1. The van der Waals surface area contributed by atoms with E-state index in [0.717, 1.165) is 25.4 Å². The molecule has 0 radical (unpaired) electrons. The second-order valence-corrected chi connectivity index (χ2v) is 5.72. The highest BCUT2D eigenvalue weighted by Crippen LogP contribution is 2.30. The van der Waals surface area contributed by atoms with Gasteiger partial charge in [0.05, 0.1) is 7.11 Å². The Kier molecular flexibility index (Phi) is 5.86. The number of ether oxygens (including phenoxy) is 1. The van der Waals surface area contributed by atoms with E-state index in [-0.39, 0.29) is 0 Å². The Balaban J connectivity index is 2.11.